The summed E-state index contributed by atoms with van der Waals surface area (Å²) in [4.78, 5) is 12.4. The van der Waals surface area contributed by atoms with Crippen molar-refractivity contribution in [2.24, 2.45) is 5.92 Å². The maximum atomic E-state index is 12.4. The highest BCUT2D eigenvalue weighted by Gasteiger charge is 2.11. The van der Waals surface area contributed by atoms with Gasteiger partial charge in [-0.15, -0.1) is 0 Å². The van der Waals surface area contributed by atoms with Crippen molar-refractivity contribution >= 4 is 11.6 Å². The lowest BCUT2D eigenvalue weighted by Gasteiger charge is -2.12. The highest BCUT2D eigenvalue weighted by molar-refractivity contribution is 6.05. The van der Waals surface area contributed by atoms with Gasteiger partial charge in [0.25, 0.3) is 5.91 Å². The van der Waals surface area contributed by atoms with E-state index in [1.807, 2.05) is 0 Å². The molecule has 0 aromatic heterocycles. The summed E-state index contributed by atoms with van der Waals surface area (Å²) in [5.41, 5.74) is 1.14. The number of carbonyl (C=O) groups excluding carboxylic acids is 1. The SMILES string of the molecule is COc1ccc(NC(=O)c2ccc(OCCC(C)C)cc2)c(OC)c1. The third-order valence-electron chi connectivity index (χ3n) is 3.74. The molecule has 1 amide bonds. The van der Waals surface area contributed by atoms with Crippen LogP contribution in [0.2, 0.25) is 0 Å². The molecular weight excluding hydrogens is 318 g/mol. The quantitative estimate of drug-likeness (QED) is 0.773. The fraction of sp³-hybridized carbons (Fsp3) is 0.350. The average Bonchev–Trinajstić information content (AvgIpc) is 2.62. The molecule has 0 saturated heterocycles. The summed E-state index contributed by atoms with van der Waals surface area (Å²) < 4.78 is 16.1. The predicted octanol–water partition coefficient (Wildman–Crippen LogP) is 4.38. The van der Waals surface area contributed by atoms with Crippen LogP contribution in [-0.4, -0.2) is 26.7 Å². The first-order valence-corrected chi connectivity index (χ1v) is 8.29. The highest BCUT2D eigenvalue weighted by Crippen LogP contribution is 2.29. The molecule has 0 heterocycles. The number of rotatable bonds is 8. The third-order valence-corrected chi connectivity index (χ3v) is 3.74. The third kappa shape index (κ3) is 5.41. The van der Waals surface area contributed by atoms with Crippen LogP contribution < -0.4 is 19.5 Å². The number of carbonyl (C=O) groups is 1. The molecule has 5 heteroatoms. The number of hydrogen-bond acceptors (Lipinski definition) is 4. The monoisotopic (exact) mass is 343 g/mol. The van der Waals surface area contributed by atoms with Gasteiger partial charge in [-0.05, 0) is 48.7 Å². The Labute approximate surface area is 148 Å². The van der Waals surface area contributed by atoms with E-state index in [4.69, 9.17) is 14.2 Å². The minimum Gasteiger partial charge on any atom is -0.497 e. The van der Waals surface area contributed by atoms with Crippen molar-refractivity contribution in [3.8, 4) is 17.2 Å². The van der Waals surface area contributed by atoms with Crippen molar-refractivity contribution in [2.75, 3.05) is 26.1 Å². The Hall–Kier alpha value is -2.69. The van der Waals surface area contributed by atoms with E-state index in [0.717, 1.165) is 12.2 Å². The fourth-order valence-electron chi connectivity index (χ4n) is 2.21. The Bertz CT molecular complexity index is 695. The smallest absolute Gasteiger partial charge is 0.255 e. The maximum Gasteiger partial charge on any atom is 0.255 e. The lowest BCUT2D eigenvalue weighted by atomic mass is 10.1. The van der Waals surface area contributed by atoms with Gasteiger partial charge in [-0.1, -0.05) is 13.8 Å². The zero-order valence-corrected chi connectivity index (χ0v) is 15.2. The second kappa shape index (κ2) is 8.97. The number of nitrogens with one attached hydrogen (secondary N) is 1. The molecule has 5 nitrogen and oxygen atoms in total. The van der Waals surface area contributed by atoms with Crippen LogP contribution in [0.15, 0.2) is 42.5 Å². The molecule has 0 bridgehead atoms. The van der Waals surface area contributed by atoms with Crippen LogP contribution in [0.4, 0.5) is 5.69 Å². The van der Waals surface area contributed by atoms with Gasteiger partial charge in [0.15, 0.2) is 0 Å². The van der Waals surface area contributed by atoms with E-state index < -0.39 is 0 Å². The van der Waals surface area contributed by atoms with E-state index in [0.29, 0.717) is 35.3 Å². The van der Waals surface area contributed by atoms with Gasteiger partial charge in [-0.25, -0.2) is 0 Å². The Kier molecular flexibility index (Phi) is 6.69. The highest BCUT2D eigenvalue weighted by atomic mass is 16.5. The van der Waals surface area contributed by atoms with Crippen molar-refractivity contribution in [1.82, 2.24) is 0 Å². The van der Waals surface area contributed by atoms with Crippen LogP contribution in [0.1, 0.15) is 30.6 Å². The van der Waals surface area contributed by atoms with Crippen LogP contribution in [-0.2, 0) is 0 Å². The molecule has 0 radical (unpaired) electrons. The number of hydrogen-bond donors (Lipinski definition) is 1. The van der Waals surface area contributed by atoms with Gasteiger partial charge in [-0.3, -0.25) is 4.79 Å². The summed E-state index contributed by atoms with van der Waals surface area (Å²) in [6.07, 6.45) is 1.000. The topological polar surface area (TPSA) is 56.8 Å². The van der Waals surface area contributed by atoms with Gasteiger partial charge >= 0.3 is 0 Å². The van der Waals surface area contributed by atoms with Crippen molar-refractivity contribution in [2.45, 2.75) is 20.3 Å². The average molecular weight is 343 g/mol. The molecular formula is C20H25NO4. The standard InChI is InChI=1S/C20H25NO4/c1-14(2)11-12-25-16-7-5-15(6-8-16)20(22)21-18-10-9-17(23-3)13-19(18)24-4/h5-10,13-14H,11-12H2,1-4H3,(H,21,22). The molecule has 0 saturated carbocycles. The first kappa shape index (κ1) is 18.6. The Morgan fingerprint density at radius 1 is 1.00 bits per heavy atom. The largest absolute Gasteiger partial charge is 0.497 e. The molecule has 2 rings (SSSR count). The van der Waals surface area contributed by atoms with Crippen LogP contribution in [0.3, 0.4) is 0 Å². The van der Waals surface area contributed by atoms with Gasteiger partial charge in [0.2, 0.25) is 0 Å². The first-order valence-electron chi connectivity index (χ1n) is 8.29. The van der Waals surface area contributed by atoms with Crippen molar-refractivity contribution in [3.63, 3.8) is 0 Å². The van der Waals surface area contributed by atoms with Crippen LogP contribution in [0, 0.1) is 5.92 Å². The predicted molar refractivity (Wildman–Crippen MR) is 98.9 cm³/mol. The molecule has 0 spiro atoms. The molecule has 134 valence electrons. The number of benzene rings is 2. The number of ether oxygens (including phenoxy) is 3. The van der Waals surface area contributed by atoms with E-state index in [9.17, 15) is 4.79 Å². The molecule has 1 N–H and O–H groups in total. The Morgan fingerprint density at radius 2 is 1.68 bits per heavy atom. The first-order chi connectivity index (χ1) is 12.0. The van der Waals surface area contributed by atoms with E-state index in [-0.39, 0.29) is 5.91 Å². The minimum atomic E-state index is -0.211. The maximum absolute atomic E-state index is 12.4. The molecule has 0 aliphatic carbocycles. The van der Waals surface area contributed by atoms with Crippen molar-refractivity contribution in [1.29, 1.82) is 0 Å². The van der Waals surface area contributed by atoms with Crippen molar-refractivity contribution < 1.29 is 19.0 Å². The summed E-state index contributed by atoms with van der Waals surface area (Å²) in [7, 11) is 3.13. The molecule has 2 aromatic rings. The zero-order chi connectivity index (χ0) is 18.2. The molecule has 0 atom stereocenters. The van der Waals surface area contributed by atoms with E-state index in [1.54, 1.807) is 56.7 Å². The lowest BCUT2D eigenvalue weighted by Crippen LogP contribution is -2.12. The number of amides is 1. The molecule has 25 heavy (non-hydrogen) atoms. The number of methoxy groups -OCH3 is 2. The summed E-state index contributed by atoms with van der Waals surface area (Å²) in [5.74, 6) is 2.36. The van der Waals surface area contributed by atoms with Gasteiger partial charge < -0.3 is 19.5 Å². The van der Waals surface area contributed by atoms with E-state index in [2.05, 4.69) is 19.2 Å². The van der Waals surface area contributed by atoms with Gasteiger partial charge in [-0.2, -0.15) is 0 Å². The van der Waals surface area contributed by atoms with Gasteiger partial charge in [0.05, 0.1) is 26.5 Å². The molecule has 0 unspecified atom stereocenters. The molecule has 2 aromatic carbocycles. The fourth-order valence-corrected chi connectivity index (χ4v) is 2.21. The van der Waals surface area contributed by atoms with Gasteiger partial charge in [0, 0.05) is 11.6 Å². The molecule has 0 aliphatic heterocycles. The van der Waals surface area contributed by atoms with Crippen LogP contribution in [0.5, 0.6) is 17.2 Å². The molecule has 0 fully saturated rings. The Morgan fingerprint density at radius 3 is 2.28 bits per heavy atom. The van der Waals surface area contributed by atoms with Gasteiger partial charge in [0.1, 0.15) is 17.2 Å². The number of anilines is 1. The normalized spacial score (nSPS) is 10.4. The second-order valence-corrected chi connectivity index (χ2v) is 6.08. The van der Waals surface area contributed by atoms with Crippen LogP contribution >= 0.6 is 0 Å². The van der Waals surface area contributed by atoms with E-state index in [1.165, 1.54) is 0 Å². The Balaban J connectivity index is 2.01. The van der Waals surface area contributed by atoms with Crippen molar-refractivity contribution in [3.05, 3.63) is 48.0 Å². The zero-order valence-electron chi connectivity index (χ0n) is 15.2. The summed E-state index contributed by atoms with van der Waals surface area (Å²) in [6.45, 7) is 4.99. The minimum absolute atomic E-state index is 0.211. The lowest BCUT2D eigenvalue weighted by molar-refractivity contribution is 0.102. The summed E-state index contributed by atoms with van der Waals surface area (Å²) in [6, 6.07) is 12.3. The second-order valence-electron chi connectivity index (χ2n) is 6.08. The molecule has 0 aliphatic rings. The summed E-state index contributed by atoms with van der Waals surface area (Å²) in [5, 5.41) is 2.85. The summed E-state index contributed by atoms with van der Waals surface area (Å²) >= 11 is 0. The van der Waals surface area contributed by atoms with Crippen LogP contribution in [0.25, 0.3) is 0 Å². The van der Waals surface area contributed by atoms with E-state index >= 15 is 0 Å².